The summed E-state index contributed by atoms with van der Waals surface area (Å²) >= 11 is 1.41. The minimum absolute atomic E-state index is 0.124. The number of nitrogens with zero attached hydrogens (tertiary/aromatic N) is 1. The van der Waals surface area contributed by atoms with Gasteiger partial charge in [0.05, 0.1) is 18.4 Å². The predicted octanol–water partition coefficient (Wildman–Crippen LogP) is 5.49. The second-order valence-electron chi connectivity index (χ2n) is 7.71. The Balaban J connectivity index is 1.55. The Morgan fingerprint density at radius 2 is 1.88 bits per heavy atom. The average Bonchev–Trinajstić information content (AvgIpc) is 3.45. The number of thiazole rings is 1. The Hall–Kier alpha value is -4.17. The molecule has 6 rings (SSSR count). The van der Waals surface area contributed by atoms with Gasteiger partial charge in [-0.1, -0.05) is 18.2 Å². The minimum Gasteiger partial charge on any atom is -0.496 e. The van der Waals surface area contributed by atoms with Gasteiger partial charge in [-0.15, -0.1) is 11.3 Å². The highest BCUT2D eigenvalue weighted by Gasteiger charge is 2.19. The molecule has 0 aliphatic heterocycles. The molecular weight excluding hydrogens is 440 g/mol. The SMILES string of the molecule is COc1cc(C)cc2oc3oc(=O)c(-c4csc(-c5c[nH]c6ccccc56)n4)cc3c(=O)c12. The fraction of sp³-hybridized carbons (Fsp3) is 0.0800. The summed E-state index contributed by atoms with van der Waals surface area (Å²) in [5, 5.41) is 4.03. The molecule has 7 nitrogen and oxygen atoms in total. The number of para-hydroxylation sites is 1. The maximum atomic E-state index is 13.3. The molecule has 0 saturated heterocycles. The zero-order chi connectivity index (χ0) is 22.7. The molecule has 6 aromatic rings. The first kappa shape index (κ1) is 19.5. The lowest BCUT2D eigenvalue weighted by atomic mass is 10.1. The van der Waals surface area contributed by atoms with Crippen LogP contribution in [0.1, 0.15) is 5.56 Å². The first-order chi connectivity index (χ1) is 16.0. The van der Waals surface area contributed by atoms with Gasteiger partial charge < -0.3 is 18.6 Å². The highest BCUT2D eigenvalue weighted by molar-refractivity contribution is 7.13. The van der Waals surface area contributed by atoms with Crippen molar-refractivity contribution in [1.29, 1.82) is 0 Å². The summed E-state index contributed by atoms with van der Waals surface area (Å²) in [6.45, 7) is 1.86. The summed E-state index contributed by atoms with van der Waals surface area (Å²) in [6, 6.07) is 12.9. The Kier molecular flexibility index (Phi) is 4.24. The van der Waals surface area contributed by atoms with Crippen molar-refractivity contribution < 1.29 is 13.6 Å². The molecule has 2 aromatic carbocycles. The van der Waals surface area contributed by atoms with Crippen LogP contribution in [0.25, 0.3) is 54.9 Å². The standard InChI is InChI=1S/C25H16N2O5S/c1-12-7-19(30-2)21-20(8-12)31-25-15(22(21)28)9-14(24(29)32-25)18-11-33-23(27-18)16-10-26-17-6-4-3-5-13(16)17/h3-11,26H,1-2H3. The molecule has 8 heteroatoms. The first-order valence-corrected chi connectivity index (χ1v) is 11.0. The van der Waals surface area contributed by atoms with Crippen molar-refractivity contribution in [2.24, 2.45) is 0 Å². The van der Waals surface area contributed by atoms with Gasteiger partial charge in [0.1, 0.15) is 27.1 Å². The lowest BCUT2D eigenvalue weighted by Gasteiger charge is -2.07. The number of rotatable bonds is 3. The molecule has 0 atom stereocenters. The molecule has 0 spiro atoms. The van der Waals surface area contributed by atoms with Crippen molar-refractivity contribution in [2.75, 3.05) is 7.11 Å². The lowest BCUT2D eigenvalue weighted by molar-refractivity contribution is 0.417. The number of aryl methyl sites for hydroxylation is 1. The number of H-pyrrole nitrogens is 1. The van der Waals surface area contributed by atoms with Crippen LogP contribution in [-0.4, -0.2) is 17.1 Å². The minimum atomic E-state index is -0.625. The van der Waals surface area contributed by atoms with E-state index in [1.54, 1.807) is 17.5 Å². The van der Waals surface area contributed by atoms with Gasteiger partial charge in [-0.2, -0.15) is 0 Å². The number of aromatic nitrogens is 2. The molecule has 0 radical (unpaired) electrons. The van der Waals surface area contributed by atoms with E-state index in [0.717, 1.165) is 27.0 Å². The fourth-order valence-electron chi connectivity index (χ4n) is 4.06. The number of fused-ring (bicyclic) bond motifs is 3. The molecule has 4 aromatic heterocycles. The quantitative estimate of drug-likeness (QED) is 0.354. The maximum Gasteiger partial charge on any atom is 0.348 e. The Labute approximate surface area is 189 Å². The van der Waals surface area contributed by atoms with Crippen LogP contribution in [0, 0.1) is 6.92 Å². The van der Waals surface area contributed by atoms with Gasteiger partial charge in [0.15, 0.2) is 0 Å². The van der Waals surface area contributed by atoms with E-state index in [4.69, 9.17) is 13.6 Å². The fourth-order valence-corrected chi connectivity index (χ4v) is 4.91. The van der Waals surface area contributed by atoms with E-state index in [1.165, 1.54) is 24.5 Å². The van der Waals surface area contributed by atoms with E-state index in [0.29, 0.717) is 22.4 Å². The number of ether oxygens (including phenoxy) is 1. The largest absolute Gasteiger partial charge is 0.496 e. The van der Waals surface area contributed by atoms with Crippen molar-refractivity contribution in [3.8, 4) is 27.6 Å². The summed E-state index contributed by atoms with van der Waals surface area (Å²) < 4.78 is 16.6. The Bertz CT molecular complexity index is 1820. The van der Waals surface area contributed by atoms with Crippen molar-refractivity contribution >= 4 is 44.4 Å². The Morgan fingerprint density at radius 3 is 2.73 bits per heavy atom. The number of benzene rings is 2. The van der Waals surface area contributed by atoms with Gasteiger partial charge in [-0.3, -0.25) is 4.79 Å². The highest BCUT2D eigenvalue weighted by Crippen LogP contribution is 2.34. The number of aromatic amines is 1. The van der Waals surface area contributed by atoms with Gasteiger partial charge in [0, 0.05) is 28.0 Å². The van der Waals surface area contributed by atoms with E-state index >= 15 is 0 Å². The van der Waals surface area contributed by atoms with Gasteiger partial charge >= 0.3 is 11.4 Å². The number of nitrogens with one attached hydrogen (secondary N) is 1. The molecule has 0 amide bonds. The van der Waals surface area contributed by atoms with E-state index in [9.17, 15) is 9.59 Å². The van der Waals surface area contributed by atoms with Gasteiger partial charge in [0.2, 0.25) is 5.43 Å². The molecule has 0 fully saturated rings. The molecule has 0 aliphatic carbocycles. The summed E-state index contributed by atoms with van der Waals surface area (Å²) in [7, 11) is 1.50. The average molecular weight is 456 g/mol. The van der Waals surface area contributed by atoms with Crippen molar-refractivity contribution in [3.63, 3.8) is 0 Å². The number of hydrogen-bond donors (Lipinski definition) is 1. The molecular formula is C25H16N2O5S. The van der Waals surface area contributed by atoms with Crippen molar-refractivity contribution in [1.82, 2.24) is 9.97 Å². The third-order valence-electron chi connectivity index (χ3n) is 5.62. The van der Waals surface area contributed by atoms with E-state index in [-0.39, 0.29) is 22.2 Å². The number of hydrogen-bond acceptors (Lipinski definition) is 7. The van der Waals surface area contributed by atoms with Crippen LogP contribution in [0.15, 0.2) is 72.5 Å². The summed E-state index contributed by atoms with van der Waals surface area (Å²) in [5.41, 5.74) is 2.78. The van der Waals surface area contributed by atoms with Gasteiger partial charge in [-0.05, 0) is 36.8 Å². The summed E-state index contributed by atoms with van der Waals surface area (Å²) in [4.78, 5) is 34.0. The van der Waals surface area contributed by atoms with E-state index in [2.05, 4.69) is 9.97 Å². The topological polar surface area (TPSA) is 98.3 Å². The van der Waals surface area contributed by atoms with Crippen LogP contribution in [0.3, 0.4) is 0 Å². The van der Waals surface area contributed by atoms with Gasteiger partial charge in [-0.25, -0.2) is 9.78 Å². The molecule has 0 bridgehead atoms. The number of methoxy groups -OCH3 is 1. The van der Waals surface area contributed by atoms with Crippen LogP contribution in [-0.2, 0) is 0 Å². The summed E-state index contributed by atoms with van der Waals surface area (Å²) in [6.07, 6.45) is 1.89. The van der Waals surface area contributed by atoms with E-state index in [1.807, 2.05) is 37.4 Å². The molecule has 1 N–H and O–H groups in total. The first-order valence-electron chi connectivity index (χ1n) is 10.1. The molecule has 0 aliphatic rings. The normalized spacial score (nSPS) is 11.6. The van der Waals surface area contributed by atoms with Crippen LogP contribution in [0.4, 0.5) is 0 Å². The predicted molar refractivity (Wildman–Crippen MR) is 128 cm³/mol. The van der Waals surface area contributed by atoms with E-state index < -0.39 is 5.63 Å². The second-order valence-corrected chi connectivity index (χ2v) is 8.56. The summed E-state index contributed by atoms with van der Waals surface area (Å²) in [5.74, 6) is 0.282. The molecule has 162 valence electrons. The monoisotopic (exact) mass is 456 g/mol. The van der Waals surface area contributed by atoms with Crippen molar-refractivity contribution in [2.45, 2.75) is 6.92 Å². The van der Waals surface area contributed by atoms with Crippen LogP contribution in [0.5, 0.6) is 5.75 Å². The van der Waals surface area contributed by atoms with Crippen LogP contribution in [0.2, 0.25) is 0 Å². The zero-order valence-corrected chi connectivity index (χ0v) is 18.4. The lowest BCUT2D eigenvalue weighted by Crippen LogP contribution is -2.09. The second kappa shape index (κ2) is 7.18. The van der Waals surface area contributed by atoms with Crippen LogP contribution >= 0.6 is 11.3 Å². The van der Waals surface area contributed by atoms with Crippen LogP contribution < -0.4 is 15.8 Å². The maximum absolute atomic E-state index is 13.3. The molecule has 4 heterocycles. The molecule has 0 saturated carbocycles. The van der Waals surface area contributed by atoms with Crippen molar-refractivity contribution in [3.05, 3.63) is 80.2 Å². The third kappa shape index (κ3) is 2.99. The smallest absolute Gasteiger partial charge is 0.348 e. The molecule has 33 heavy (non-hydrogen) atoms. The highest BCUT2D eigenvalue weighted by atomic mass is 32.1. The zero-order valence-electron chi connectivity index (χ0n) is 17.6. The van der Waals surface area contributed by atoms with Gasteiger partial charge in [0.25, 0.3) is 0 Å². The Morgan fingerprint density at radius 1 is 1.03 bits per heavy atom. The third-order valence-corrected chi connectivity index (χ3v) is 6.49. The molecule has 0 unspecified atom stereocenters.